The molecular weight excluding hydrogens is 378 g/mol. The lowest BCUT2D eigenvalue weighted by Crippen LogP contribution is -2.46. The summed E-state index contributed by atoms with van der Waals surface area (Å²) >= 11 is 0. The Labute approximate surface area is 177 Å². The van der Waals surface area contributed by atoms with Crippen LogP contribution in [-0.4, -0.2) is 35.3 Å². The second kappa shape index (κ2) is 8.69. The molecule has 3 rings (SSSR count). The molecule has 6 heteroatoms. The molecule has 4 amide bonds. The molecule has 1 heterocycles. The van der Waals surface area contributed by atoms with Gasteiger partial charge in [-0.25, -0.2) is 4.79 Å². The zero-order chi connectivity index (χ0) is 21.9. The van der Waals surface area contributed by atoms with Crippen LogP contribution < -0.4 is 10.2 Å². The lowest BCUT2D eigenvalue weighted by Gasteiger charge is -2.28. The summed E-state index contributed by atoms with van der Waals surface area (Å²) in [5, 5.41) is 2.78. The van der Waals surface area contributed by atoms with Crippen LogP contribution in [0.1, 0.15) is 45.2 Å². The van der Waals surface area contributed by atoms with E-state index >= 15 is 0 Å². The molecule has 0 bridgehead atoms. The first-order chi connectivity index (χ1) is 14.3. The first-order valence-corrected chi connectivity index (χ1v) is 10.4. The van der Waals surface area contributed by atoms with Gasteiger partial charge in [-0.15, -0.1) is 0 Å². The van der Waals surface area contributed by atoms with Gasteiger partial charge in [0.1, 0.15) is 12.1 Å². The Balaban J connectivity index is 1.81. The van der Waals surface area contributed by atoms with E-state index in [9.17, 15) is 14.4 Å². The van der Waals surface area contributed by atoms with Crippen molar-refractivity contribution in [2.45, 2.75) is 52.1 Å². The van der Waals surface area contributed by atoms with Crippen molar-refractivity contribution in [2.24, 2.45) is 0 Å². The summed E-state index contributed by atoms with van der Waals surface area (Å²) in [5.41, 5.74) is 1.44. The number of carbonyl (C=O) groups is 3. The number of rotatable bonds is 7. The van der Waals surface area contributed by atoms with Gasteiger partial charge in [-0.3, -0.25) is 14.5 Å². The predicted octanol–water partition coefficient (Wildman–Crippen LogP) is 3.85. The summed E-state index contributed by atoms with van der Waals surface area (Å²) in [6.45, 7) is 7.30. The minimum absolute atomic E-state index is 0.113. The number of anilines is 1. The van der Waals surface area contributed by atoms with Crippen molar-refractivity contribution in [1.82, 2.24) is 10.2 Å². The van der Waals surface area contributed by atoms with E-state index in [0.29, 0.717) is 5.56 Å². The molecule has 158 valence electrons. The van der Waals surface area contributed by atoms with Crippen molar-refractivity contribution in [3.63, 3.8) is 0 Å². The molecule has 1 fully saturated rings. The van der Waals surface area contributed by atoms with Crippen LogP contribution in [0.25, 0.3) is 0 Å². The molecule has 1 aliphatic heterocycles. The van der Waals surface area contributed by atoms with Crippen molar-refractivity contribution in [3.05, 3.63) is 65.7 Å². The van der Waals surface area contributed by atoms with E-state index in [1.54, 1.807) is 11.8 Å². The molecule has 6 nitrogen and oxygen atoms in total. The van der Waals surface area contributed by atoms with Gasteiger partial charge < -0.3 is 10.2 Å². The fraction of sp³-hybridized carbons (Fsp3) is 0.375. The van der Waals surface area contributed by atoms with E-state index in [1.807, 2.05) is 68.4 Å². The Kier molecular flexibility index (Phi) is 6.25. The average Bonchev–Trinajstić information content (AvgIpc) is 2.93. The quantitative estimate of drug-likeness (QED) is 0.709. The van der Waals surface area contributed by atoms with Gasteiger partial charge in [0.25, 0.3) is 5.91 Å². The summed E-state index contributed by atoms with van der Waals surface area (Å²) in [6.07, 6.45) is 2.00. The summed E-state index contributed by atoms with van der Waals surface area (Å²) in [7, 11) is 0. The first kappa shape index (κ1) is 21.6. The minimum Gasteiger partial charge on any atom is -0.319 e. The SMILES string of the molecule is CCCc1ccc([C@@]2(C)NC(=O)N(CC(=O)N(c3ccccc3)C(C)C)C2=O)cc1. The highest BCUT2D eigenvalue weighted by Gasteiger charge is 2.49. The van der Waals surface area contributed by atoms with E-state index in [4.69, 9.17) is 0 Å². The Bertz CT molecular complexity index is 924. The van der Waals surface area contributed by atoms with Gasteiger partial charge in [0, 0.05) is 11.7 Å². The third-order valence-electron chi connectivity index (χ3n) is 5.46. The van der Waals surface area contributed by atoms with E-state index in [1.165, 1.54) is 5.56 Å². The second-order valence-electron chi connectivity index (χ2n) is 8.09. The number of aryl methyl sites for hydroxylation is 1. The van der Waals surface area contributed by atoms with E-state index < -0.39 is 17.5 Å². The summed E-state index contributed by atoms with van der Waals surface area (Å²) in [6, 6.07) is 16.3. The van der Waals surface area contributed by atoms with Crippen molar-refractivity contribution in [2.75, 3.05) is 11.4 Å². The average molecular weight is 408 g/mol. The maximum Gasteiger partial charge on any atom is 0.325 e. The fourth-order valence-corrected chi connectivity index (χ4v) is 3.86. The fourth-order valence-electron chi connectivity index (χ4n) is 3.86. The molecule has 1 saturated heterocycles. The number of nitrogens with zero attached hydrogens (tertiary/aromatic N) is 2. The Morgan fingerprint density at radius 1 is 1.07 bits per heavy atom. The molecule has 0 saturated carbocycles. The van der Waals surface area contributed by atoms with E-state index in [0.717, 1.165) is 23.4 Å². The van der Waals surface area contributed by atoms with Gasteiger partial charge in [0.2, 0.25) is 5.91 Å². The largest absolute Gasteiger partial charge is 0.325 e. The number of hydrogen-bond donors (Lipinski definition) is 1. The van der Waals surface area contributed by atoms with E-state index in [-0.39, 0.29) is 18.5 Å². The molecule has 0 aliphatic carbocycles. The molecule has 1 atom stereocenters. The molecule has 0 spiro atoms. The maximum absolute atomic E-state index is 13.2. The van der Waals surface area contributed by atoms with Crippen molar-refractivity contribution in [1.29, 1.82) is 0 Å². The predicted molar refractivity (Wildman–Crippen MR) is 117 cm³/mol. The number of imide groups is 1. The molecule has 1 aliphatic rings. The van der Waals surface area contributed by atoms with Crippen LogP contribution in [0.3, 0.4) is 0 Å². The van der Waals surface area contributed by atoms with Gasteiger partial charge in [0.15, 0.2) is 0 Å². The molecule has 0 unspecified atom stereocenters. The van der Waals surface area contributed by atoms with Gasteiger partial charge in [0.05, 0.1) is 0 Å². The van der Waals surface area contributed by atoms with Gasteiger partial charge in [-0.1, -0.05) is 55.8 Å². The lowest BCUT2D eigenvalue weighted by atomic mass is 9.91. The number of carbonyl (C=O) groups excluding carboxylic acids is 3. The standard InChI is InChI=1S/C24H29N3O3/c1-5-9-18-12-14-19(15-13-18)24(4)22(29)26(23(30)25-24)16-21(28)27(17(2)3)20-10-7-6-8-11-20/h6-8,10-15,17H,5,9,16H2,1-4H3,(H,25,30)/t24-/m1/s1. The number of nitrogens with one attached hydrogen (secondary N) is 1. The smallest absolute Gasteiger partial charge is 0.319 e. The van der Waals surface area contributed by atoms with Crippen molar-refractivity contribution < 1.29 is 14.4 Å². The number of amides is 4. The molecule has 2 aromatic carbocycles. The Morgan fingerprint density at radius 2 is 1.70 bits per heavy atom. The molecular formula is C24H29N3O3. The topological polar surface area (TPSA) is 69.7 Å². The zero-order valence-electron chi connectivity index (χ0n) is 18.0. The van der Waals surface area contributed by atoms with Crippen LogP contribution in [0.5, 0.6) is 0 Å². The van der Waals surface area contributed by atoms with Crippen molar-refractivity contribution >= 4 is 23.5 Å². The van der Waals surface area contributed by atoms with Crippen LogP contribution in [0.15, 0.2) is 54.6 Å². The van der Waals surface area contributed by atoms with Crippen LogP contribution in [0.4, 0.5) is 10.5 Å². The number of urea groups is 1. The first-order valence-electron chi connectivity index (χ1n) is 10.4. The van der Waals surface area contributed by atoms with Gasteiger partial charge in [-0.05, 0) is 50.5 Å². The van der Waals surface area contributed by atoms with Crippen LogP contribution in [-0.2, 0) is 21.5 Å². The monoisotopic (exact) mass is 407 g/mol. The molecule has 0 radical (unpaired) electrons. The normalized spacial score (nSPS) is 18.6. The minimum atomic E-state index is -1.18. The highest BCUT2D eigenvalue weighted by molar-refractivity contribution is 6.10. The number of para-hydroxylation sites is 1. The Hall–Kier alpha value is -3.15. The van der Waals surface area contributed by atoms with Crippen LogP contribution in [0, 0.1) is 0 Å². The second-order valence-corrected chi connectivity index (χ2v) is 8.09. The number of benzene rings is 2. The third kappa shape index (κ3) is 4.08. The number of hydrogen-bond acceptors (Lipinski definition) is 3. The molecule has 2 aromatic rings. The third-order valence-corrected chi connectivity index (χ3v) is 5.46. The molecule has 0 aromatic heterocycles. The van der Waals surface area contributed by atoms with Crippen LogP contribution >= 0.6 is 0 Å². The van der Waals surface area contributed by atoms with Gasteiger partial charge in [-0.2, -0.15) is 0 Å². The molecule has 30 heavy (non-hydrogen) atoms. The highest BCUT2D eigenvalue weighted by Crippen LogP contribution is 2.29. The maximum atomic E-state index is 13.2. The van der Waals surface area contributed by atoms with Gasteiger partial charge >= 0.3 is 6.03 Å². The summed E-state index contributed by atoms with van der Waals surface area (Å²) in [4.78, 5) is 41.5. The van der Waals surface area contributed by atoms with Crippen molar-refractivity contribution in [3.8, 4) is 0 Å². The summed E-state index contributed by atoms with van der Waals surface area (Å²) < 4.78 is 0. The Morgan fingerprint density at radius 3 is 2.27 bits per heavy atom. The highest BCUT2D eigenvalue weighted by atomic mass is 16.2. The van der Waals surface area contributed by atoms with E-state index in [2.05, 4.69) is 12.2 Å². The zero-order valence-corrected chi connectivity index (χ0v) is 18.0. The van der Waals surface area contributed by atoms with Crippen LogP contribution in [0.2, 0.25) is 0 Å². The molecule has 1 N–H and O–H groups in total. The summed E-state index contributed by atoms with van der Waals surface area (Å²) in [5.74, 6) is -0.719. The lowest BCUT2D eigenvalue weighted by molar-refractivity contribution is -0.134.